The van der Waals surface area contributed by atoms with E-state index >= 15 is 0 Å². The first-order chi connectivity index (χ1) is 12.2. The van der Waals surface area contributed by atoms with Gasteiger partial charge in [0.1, 0.15) is 12.4 Å². The first kappa shape index (κ1) is 16.8. The van der Waals surface area contributed by atoms with Gasteiger partial charge in [0.15, 0.2) is 18.2 Å². The molecule has 0 aromatic heterocycles. The van der Waals surface area contributed by atoms with E-state index in [1.165, 1.54) is 12.1 Å². The van der Waals surface area contributed by atoms with Crippen molar-refractivity contribution in [3.63, 3.8) is 0 Å². The Kier molecular flexibility index (Phi) is 5.46. The topological polar surface area (TPSA) is 47.6 Å². The van der Waals surface area contributed by atoms with Crippen molar-refractivity contribution in [1.82, 2.24) is 5.32 Å². The summed E-state index contributed by atoms with van der Waals surface area (Å²) in [6.45, 7) is 0.428. The lowest BCUT2D eigenvalue weighted by atomic mass is 10.1. The van der Waals surface area contributed by atoms with Crippen LogP contribution in [0.15, 0.2) is 66.7 Å². The molecular weight excluding hydrogens is 321 g/mol. The summed E-state index contributed by atoms with van der Waals surface area (Å²) in [5.74, 6) is 0.0129. The molecule has 4 nitrogen and oxygen atoms in total. The second kappa shape index (κ2) is 8.15. The fourth-order valence-corrected chi connectivity index (χ4v) is 2.43. The summed E-state index contributed by atoms with van der Waals surface area (Å²) in [4.78, 5) is 11.7. The largest absolute Gasteiger partial charge is 0.491 e. The monoisotopic (exact) mass is 339 g/mol. The van der Waals surface area contributed by atoms with Gasteiger partial charge in [-0.3, -0.25) is 4.79 Å². The van der Waals surface area contributed by atoms with E-state index < -0.39 is 5.82 Å². The highest BCUT2D eigenvalue weighted by Crippen LogP contribution is 2.24. The minimum absolute atomic E-state index is 0.0599. The number of carbonyl (C=O) groups is 1. The van der Waals surface area contributed by atoms with Gasteiger partial charge >= 0.3 is 0 Å². The Balaban J connectivity index is 1.43. The van der Waals surface area contributed by atoms with Gasteiger partial charge in [-0.05, 0) is 23.6 Å². The zero-order chi connectivity index (χ0) is 17.5. The van der Waals surface area contributed by atoms with Gasteiger partial charge in [0.25, 0.3) is 5.91 Å². The molecule has 0 heterocycles. The van der Waals surface area contributed by atoms with Crippen LogP contribution < -0.4 is 14.8 Å². The van der Waals surface area contributed by atoms with E-state index in [0.29, 0.717) is 13.2 Å². The Labute approximate surface area is 145 Å². The number of benzene rings is 3. The van der Waals surface area contributed by atoms with Crippen LogP contribution in [0.2, 0.25) is 0 Å². The van der Waals surface area contributed by atoms with Crippen LogP contribution in [0.4, 0.5) is 4.39 Å². The van der Waals surface area contributed by atoms with E-state index in [-0.39, 0.29) is 18.3 Å². The molecule has 0 unspecified atom stereocenters. The maximum atomic E-state index is 13.4. The molecule has 5 heteroatoms. The molecule has 128 valence electrons. The van der Waals surface area contributed by atoms with Gasteiger partial charge in [0, 0.05) is 5.39 Å². The highest BCUT2D eigenvalue weighted by atomic mass is 19.1. The summed E-state index contributed by atoms with van der Waals surface area (Å²) in [6, 6.07) is 19.8. The zero-order valence-electron chi connectivity index (χ0n) is 13.6. The predicted molar refractivity (Wildman–Crippen MR) is 94.3 cm³/mol. The number of nitrogens with one attached hydrogen (secondary N) is 1. The summed E-state index contributed by atoms with van der Waals surface area (Å²) in [6.07, 6.45) is 0. The van der Waals surface area contributed by atoms with Crippen LogP contribution in [-0.2, 0) is 4.79 Å². The molecule has 0 aliphatic rings. The second-order valence-corrected chi connectivity index (χ2v) is 5.39. The van der Waals surface area contributed by atoms with Crippen LogP contribution in [0.5, 0.6) is 11.5 Å². The maximum absolute atomic E-state index is 13.4. The number of para-hydroxylation sites is 1. The van der Waals surface area contributed by atoms with Crippen molar-refractivity contribution >= 4 is 16.7 Å². The third-order valence-corrected chi connectivity index (χ3v) is 3.63. The third kappa shape index (κ3) is 4.47. The van der Waals surface area contributed by atoms with Crippen molar-refractivity contribution in [3.8, 4) is 11.5 Å². The van der Waals surface area contributed by atoms with Crippen molar-refractivity contribution in [2.24, 2.45) is 0 Å². The zero-order valence-corrected chi connectivity index (χ0v) is 13.6. The number of amides is 1. The summed E-state index contributed by atoms with van der Waals surface area (Å²) in [5.41, 5.74) is 0. The molecule has 1 amide bonds. The Morgan fingerprint density at radius 1 is 0.880 bits per heavy atom. The molecule has 3 aromatic carbocycles. The van der Waals surface area contributed by atoms with Crippen LogP contribution in [0, 0.1) is 5.82 Å². The van der Waals surface area contributed by atoms with E-state index in [2.05, 4.69) is 5.32 Å². The number of carbonyl (C=O) groups excluding carboxylic acids is 1. The number of halogens is 1. The number of rotatable bonds is 7. The number of hydrogen-bond acceptors (Lipinski definition) is 3. The molecular formula is C20H18FNO3. The smallest absolute Gasteiger partial charge is 0.258 e. The highest BCUT2D eigenvalue weighted by Gasteiger charge is 2.06. The van der Waals surface area contributed by atoms with Crippen LogP contribution in [-0.4, -0.2) is 25.7 Å². The standard InChI is InChI=1S/C20H18FNO3/c21-17-9-3-4-10-19(17)25-14-20(23)22-12-13-24-18-11-5-7-15-6-1-2-8-16(15)18/h1-11H,12-14H2,(H,22,23). The Morgan fingerprint density at radius 2 is 1.60 bits per heavy atom. The van der Waals surface area contributed by atoms with E-state index in [0.717, 1.165) is 16.5 Å². The van der Waals surface area contributed by atoms with E-state index in [4.69, 9.17) is 9.47 Å². The fourth-order valence-electron chi connectivity index (χ4n) is 2.43. The van der Waals surface area contributed by atoms with Crippen molar-refractivity contribution in [1.29, 1.82) is 0 Å². The van der Waals surface area contributed by atoms with E-state index in [9.17, 15) is 9.18 Å². The lowest BCUT2D eigenvalue weighted by Gasteiger charge is -2.11. The quantitative estimate of drug-likeness (QED) is 0.670. The van der Waals surface area contributed by atoms with E-state index in [1.54, 1.807) is 12.1 Å². The number of hydrogen-bond donors (Lipinski definition) is 1. The molecule has 0 saturated heterocycles. The molecule has 0 saturated carbocycles. The summed E-state index contributed by atoms with van der Waals surface area (Å²) >= 11 is 0. The summed E-state index contributed by atoms with van der Waals surface area (Å²) in [5, 5.41) is 4.81. The average molecular weight is 339 g/mol. The molecule has 0 spiro atoms. The minimum Gasteiger partial charge on any atom is -0.491 e. The molecule has 1 N–H and O–H groups in total. The first-order valence-corrected chi connectivity index (χ1v) is 7.98. The van der Waals surface area contributed by atoms with Crippen molar-refractivity contribution in [2.45, 2.75) is 0 Å². The van der Waals surface area contributed by atoms with Gasteiger partial charge in [0.2, 0.25) is 0 Å². The van der Waals surface area contributed by atoms with Gasteiger partial charge in [-0.15, -0.1) is 0 Å². The summed E-state index contributed by atoms with van der Waals surface area (Å²) in [7, 11) is 0. The SMILES string of the molecule is O=C(COc1ccccc1F)NCCOc1cccc2ccccc12. The van der Waals surface area contributed by atoms with Gasteiger partial charge in [-0.25, -0.2) is 4.39 Å². The first-order valence-electron chi connectivity index (χ1n) is 7.98. The second-order valence-electron chi connectivity index (χ2n) is 5.39. The molecule has 25 heavy (non-hydrogen) atoms. The van der Waals surface area contributed by atoms with Crippen LogP contribution in [0.25, 0.3) is 10.8 Å². The molecule has 3 aromatic rings. The third-order valence-electron chi connectivity index (χ3n) is 3.63. The molecule has 0 bridgehead atoms. The van der Waals surface area contributed by atoms with Gasteiger partial charge < -0.3 is 14.8 Å². The van der Waals surface area contributed by atoms with Crippen LogP contribution in [0.1, 0.15) is 0 Å². The molecule has 3 rings (SSSR count). The van der Waals surface area contributed by atoms with Crippen molar-refractivity contribution in [3.05, 3.63) is 72.5 Å². The number of ether oxygens (including phenoxy) is 2. The fraction of sp³-hybridized carbons (Fsp3) is 0.150. The van der Waals surface area contributed by atoms with Gasteiger partial charge in [0.05, 0.1) is 6.54 Å². The highest BCUT2D eigenvalue weighted by molar-refractivity contribution is 5.88. The number of fused-ring (bicyclic) bond motifs is 1. The summed E-state index contributed by atoms with van der Waals surface area (Å²) < 4.78 is 24.3. The van der Waals surface area contributed by atoms with Crippen LogP contribution >= 0.6 is 0 Å². The molecule has 0 fully saturated rings. The molecule has 0 atom stereocenters. The molecule has 0 radical (unpaired) electrons. The normalized spacial score (nSPS) is 10.4. The molecule has 0 aliphatic heterocycles. The maximum Gasteiger partial charge on any atom is 0.258 e. The van der Waals surface area contributed by atoms with Crippen molar-refractivity contribution < 1.29 is 18.7 Å². The Morgan fingerprint density at radius 3 is 2.48 bits per heavy atom. The average Bonchev–Trinajstić information content (AvgIpc) is 2.64. The lowest BCUT2D eigenvalue weighted by Crippen LogP contribution is -2.32. The Bertz CT molecular complexity index is 861. The van der Waals surface area contributed by atoms with Gasteiger partial charge in [-0.2, -0.15) is 0 Å². The lowest BCUT2D eigenvalue weighted by molar-refractivity contribution is -0.123. The van der Waals surface area contributed by atoms with E-state index in [1.807, 2.05) is 42.5 Å². The minimum atomic E-state index is -0.491. The molecule has 0 aliphatic carbocycles. The predicted octanol–water partition coefficient (Wildman–Crippen LogP) is 3.55. The van der Waals surface area contributed by atoms with Crippen molar-refractivity contribution in [2.75, 3.05) is 19.8 Å². The van der Waals surface area contributed by atoms with Gasteiger partial charge in [-0.1, -0.05) is 48.5 Å². The van der Waals surface area contributed by atoms with Crippen LogP contribution in [0.3, 0.4) is 0 Å². The Hall–Kier alpha value is -3.08.